The number of aliphatic hydroxyl groups excluding tert-OH is 1. The number of halogens is 2. The molecule has 17 heteroatoms. The van der Waals surface area contributed by atoms with Crippen LogP contribution in [-0.4, -0.2) is 133 Å². The Balaban J connectivity index is 1.90. The van der Waals surface area contributed by atoms with Crippen LogP contribution in [-0.2, 0) is 42.9 Å². The summed E-state index contributed by atoms with van der Waals surface area (Å²) in [6.07, 6.45) is -7.13. The molecule has 3 rings (SSSR count). The average Bonchev–Trinajstić information content (AvgIpc) is 3.18. The number of carbonyl (C=O) groups excluding carboxylic acids is 5. The van der Waals surface area contributed by atoms with Crippen LogP contribution in [0.15, 0.2) is 18.2 Å². The number of carbonyl (C=O) groups is 5. The van der Waals surface area contributed by atoms with Gasteiger partial charge >= 0.3 is 12.1 Å². The molecule has 2 heterocycles. The molecule has 59 heavy (non-hydrogen) atoms. The summed E-state index contributed by atoms with van der Waals surface area (Å²) in [5.74, 6) is -1.92. The largest absolute Gasteiger partial charge is 0.459 e. The summed E-state index contributed by atoms with van der Waals surface area (Å²) in [7, 11) is 5.08. The maximum atomic E-state index is 14.4. The number of amides is 2. The molecule has 0 radical (unpaired) electrons. The van der Waals surface area contributed by atoms with Crippen molar-refractivity contribution < 1.29 is 57.9 Å². The van der Waals surface area contributed by atoms with Crippen LogP contribution in [0.4, 0.5) is 4.79 Å². The smallest absolute Gasteiger partial charge is 0.407 e. The van der Waals surface area contributed by atoms with Crippen molar-refractivity contribution in [1.82, 2.24) is 15.5 Å². The Morgan fingerprint density at radius 1 is 1.00 bits per heavy atom. The number of esters is 1. The van der Waals surface area contributed by atoms with Gasteiger partial charge in [0.25, 0.3) is 5.91 Å². The SMILES string of the molecule is CC[C@H]1OC(=O)[C@H](C)C(=O)[C@H](C)[C@@H](O[C@@H]2O[C@H](C)C[C@H](N(C)C)[C@H]2O)[C@](C)(OC)C[C@@H](C)C(=O)[C@H](C)[C@@H](OC(=O)NCCNC(=O)C#Cc2ccc(Cl)cc2Cl)[C@]1(C)O. The number of benzene rings is 1. The van der Waals surface area contributed by atoms with E-state index in [9.17, 15) is 34.2 Å². The first-order valence-corrected chi connectivity index (χ1v) is 20.6. The number of rotatable bonds is 9. The number of ether oxygens (including phenoxy) is 5. The van der Waals surface area contributed by atoms with Gasteiger partial charge in [-0.3, -0.25) is 19.2 Å². The van der Waals surface area contributed by atoms with Gasteiger partial charge in [-0.25, -0.2) is 4.79 Å². The van der Waals surface area contributed by atoms with Crippen molar-refractivity contribution in [3.8, 4) is 11.8 Å². The van der Waals surface area contributed by atoms with E-state index >= 15 is 0 Å². The zero-order valence-electron chi connectivity index (χ0n) is 35.8. The number of methoxy groups -OCH3 is 1. The number of aliphatic hydroxyl groups is 2. The third-order valence-corrected chi connectivity index (χ3v) is 12.0. The molecular weight excluding hydrogens is 809 g/mol. The van der Waals surface area contributed by atoms with Crippen molar-refractivity contribution in [1.29, 1.82) is 0 Å². The lowest BCUT2D eigenvalue weighted by Gasteiger charge is -2.47. The van der Waals surface area contributed by atoms with Gasteiger partial charge in [0, 0.05) is 54.6 Å². The maximum absolute atomic E-state index is 14.4. The third-order valence-electron chi connectivity index (χ3n) is 11.4. The van der Waals surface area contributed by atoms with Gasteiger partial charge in [-0.15, -0.1) is 0 Å². The summed E-state index contributed by atoms with van der Waals surface area (Å²) in [6, 6.07) is 4.32. The van der Waals surface area contributed by atoms with E-state index in [2.05, 4.69) is 22.5 Å². The Labute approximate surface area is 357 Å². The third kappa shape index (κ3) is 12.6. The van der Waals surface area contributed by atoms with Crippen molar-refractivity contribution in [2.24, 2.45) is 23.7 Å². The van der Waals surface area contributed by atoms with E-state index in [1.54, 1.807) is 39.8 Å². The molecule has 0 unspecified atom stereocenters. The van der Waals surface area contributed by atoms with Crippen LogP contribution in [0.1, 0.15) is 80.2 Å². The minimum atomic E-state index is -2.13. The highest BCUT2D eigenvalue weighted by molar-refractivity contribution is 6.35. The minimum Gasteiger partial charge on any atom is -0.459 e. The number of hydrogen-bond acceptors (Lipinski definition) is 13. The maximum Gasteiger partial charge on any atom is 0.407 e. The number of hydrogen-bond donors (Lipinski definition) is 4. The molecule has 2 amide bonds. The summed E-state index contributed by atoms with van der Waals surface area (Å²) >= 11 is 12.0. The molecule has 0 bridgehead atoms. The molecule has 4 N–H and O–H groups in total. The molecule has 0 aliphatic carbocycles. The number of alkyl carbamates (subject to hydrolysis) is 1. The summed E-state index contributed by atoms with van der Waals surface area (Å²) in [5.41, 5.74) is -3.12. The van der Waals surface area contributed by atoms with Crippen LogP contribution in [0.3, 0.4) is 0 Å². The molecule has 330 valence electrons. The summed E-state index contributed by atoms with van der Waals surface area (Å²) < 4.78 is 30.2. The van der Waals surface area contributed by atoms with Gasteiger partial charge in [0.15, 0.2) is 12.1 Å². The zero-order chi connectivity index (χ0) is 44.6. The molecule has 1 aromatic carbocycles. The number of Topliss-reactive ketones (excluding diaryl/α,β-unsaturated/α-hetero) is 2. The Kier molecular flexibility index (Phi) is 18.2. The predicted octanol–water partition coefficient (Wildman–Crippen LogP) is 3.93. The van der Waals surface area contributed by atoms with Crippen LogP contribution < -0.4 is 10.6 Å². The highest BCUT2D eigenvalue weighted by atomic mass is 35.5. The summed E-state index contributed by atoms with van der Waals surface area (Å²) in [4.78, 5) is 69.7. The van der Waals surface area contributed by atoms with E-state index in [1.165, 1.54) is 33.9 Å². The van der Waals surface area contributed by atoms with Gasteiger partial charge in [0.2, 0.25) is 0 Å². The van der Waals surface area contributed by atoms with Crippen molar-refractivity contribution in [2.75, 3.05) is 34.3 Å². The van der Waals surface area contributed by atoms with E-state index in [4.69, 9.17) is 46.9 Å². The summed E-state index contributed by atoms with van der Waals surface area (Å²) in [6.45, 7) is 12.4. The number of nitrogens with one attached hydrogen (secondary N) is 2. The van der Waals surface area contributed by atoms with Gasteiger partial charge in [-0.05, 0) is 79.3 Å². The second kappa shape index (κ2) is 21.5. The van der Waals surface area contributed by atoms with Crippen LogP contribution in [0, 0.1) is 35.5 Å². The van der Waals surface area contributed by atoms with E-state index in [-0.39, 0.29) is 43.1 Å². The normalized spacial score (nSPS) is 34.8. The predicted molar refractivity (Wildman–Crippen MR) is 219 cm³/mol. The van der Waals surface area contributed by atoms with Crippen LogP contribution in [0.5, 0.6) is 0 Å². The average molecular weight is 871 g/mol. The highest BCUT2D eigenvalue weighted by Gasteiger charge is 2.53. The summed E-state index contributed by atoms with van der Waals surface area (Å²) in [5, 5.41) is 29.2. The van der Waals surface area contributed by atoms with Gasteiger partial charge in [0.1, 0.15) is 35.6 Å². The van der Waals surface area contributed by atoms with Crippen LogP contribution >= 0.6 is 23.2 Å². The van der Waals surface area contributed by atoms with Crippen molar-refractivity contribution in [3.05, 3.63) is 33.8 Å². The molecule has 2 fully saturated rings. The molecule has 1 aromatic rings. The molecule has 0 saturated carbocycles. The van der Waals surface area contributed by atoms with E-state index in [0.29, 0.717) is 17.0 Å². The van der Waals surface area contributed by atoms with Crippen LogP contribution in [0.2, 0.25) is 10.0 Å². The lowest BCUT2D eigenvalue weighted by molar-refractivity contribution is -0.295. The Bertz CT molecular complexity index is 1730. The molecule has 2 saturated heterocycles. The first kappa shape index (κ1) is 50.0. The van der Waals surface area contributed by atoms with Gasteiger partial charge in [-0.1, -0.05) is 56.8 Å². The molecule has 2 aliphatic rings. The molecule has 2 aliphatic heterocycles. The van der Waals surface area contributed by atoms with Gasteiger partial charge in [0.05, 0.1) is 28.7 Å². The van der Waals surface area contributed by atoms with Crippen molar-refractivity contribution in [2.45, 2.75) is 129 Å². The second-order valence-corrected chi connectivity index (χ2v) is 17.1. The number of nitrogens with zero attached hydrogens (tertiary/aromatic N) is 1. The fourth-order valence-corrected chi connectivity index (χ4v) is 8.35. The number of ketones is 2. The second-order valence-electron chi connectivity index (χ2n) is 16.3. The van der Waals surface area contributed by atoms with E-state index in [1.807, 2.05) is 25.9 Å². The fraction of sp³-hybridized carbons (Fsp3) is 0.690. The Hall–Kier alpha value is -3.33. The quantitative estimate of drug-likeness (QED) is 0.121. The van der Waals surface area contributed by atoms with Crippen molar-refractivity contribution in [3.63, 3.8) is 0 Å². The number of cyclic esters (lactones) is 1. The lowest BCUT2D eigenvalue weighted by Crippen LogP contribution is -2.60. The van der Waals surface area contributed by atoms with Crippen molar-refractivity contribution >= 4 is 52.7 Å². The molecule has 0 aromatic heterocycles. The highest BCUT2D eigenvalue weighted by Crippen LogP contribution is 2.39. The Morgan fingerprint density at radius 2 is 1.63 bits per heavy atom. The van der Waals surface area contributed by atoms with E-state index in [0.717, 1.165) is 0 Å². The first-order chi connectivity index (χ1) is 27.5. The minimum absolute atomic E-state index is 0.0195. The first-order valence-electron chi connectivity index (χ1n) is 19.9. The standard InChI is InChI=1S/C42H61Cl2N3O12/c1-12-31-42(8,54)37(59-40(53)46-18-17-45-32(48)16-14-27-13-15-28(43)20-29(27)44)24(4)33(49)22(2)21-41(7,55-11)36(25(5)34(50)26(6)38(52)57-31)58-39-35(51)30(47(9)10)19-23(3)56-39/h13,15,20,22-26,30-31,35-37,39,51,54H,12,17-19,21H2,1-11H3,(H,45,48)(H,46,53)/t22-,23-,24+,25+,26-,30+,31-,35-,36-,37-,39+,41-,42-/m1/s1. The molecule has 0 spiro atoms. The monoisotopic (exact) mass is 869 g/mol. The zero-order valence-corrected chi connectivity index (χ0v) is 37.3. The lowest BCUT2D eigenvalue weighted by atomic mass is 9.74. The topological polar surface area (TPSA) is 199 Å². The fourth-order valence-electron chi connectivity index (χ4n) is 7.90. The number of likely N-dealkylation sites (N-methyl/N-ethyl adjacent to an activating group) is 1. The van der Waals surface area contributed by atoms with E-state index < -0.39 is 95.1 Å². The van der Waals surface area contributed by atoms with Gasteiger partial charge < -0.3 is 49.4 Å². The Morgan fingerprint density at radius 3 is 2.22 bits per heavy atom. The van der Waals surface area contributed by atoms with Crippen LogP contribution in [0.25, 0.3) is 0 Å². The van der Waals surface area contributed by atoms with Gasteiger partial charge in [-0.2, -0.15) is 0 Å². The molecule has 13 atom stereocenters. The molecule has 15 nitrogen and oxygen atoms in total. The molecular formula is C42H61Cl2N3O12.